The monoisotopic (exact) mass is 681 g/mol. The fraction of sp³-hybridized carbons (Fsp3) is 0.429. The Kier molecular flexibility index (Phi) is 11.1. The largest absolute Gasteiger partial charge is 0.497 e. The molecule has 2 fully saturated rings. The van der Waals surface area contributed by atoms with Crippen LogP contribution in [0.3, 0.4) is 0 Å². The van der Waals surface area contributed by atoms with E-state index in [1.54, 1.807) is 48.4 Å². The van der Waals surface area contributed by atoms with E-state index in [0.29, 0.717) is 30.0 Å². The second-order valence-corrected chi connectivity index (χ2v) is 14.4. The molecule has 1 saturated carbocycles. The SMILES string of the molecule is COc1ccc(S(=O)(=O)N(CC(C)C)C[C@@H](O)[C@H](Cc2ccccc2)NC(=O)O[C@H]2C[C@H]3OC(=O)N(c4cccc(OC)c4)[C@H]3C2)cc1. The highest BCUT2D eigenvalue weighted by atomic mass is 32.2. The lowest BCUT2D eigenvalue weighted by molar-refractivity contribution is 0.0650. The lowest BCUT2D eigenvalue weighted by Gasteiger charge is -2.31. The topological polar surface area (TPSA) is 144 Å². The molecule has 3 aromatic rings. The summed E-state index contributed by atoms with van der Waals surface area (Å²) in [5.41, 5.74) is 1.46. The van der Waals surface area contributed by atoms with Gasteiger partial charge in [0.25, 0.3) is 0 Å². The third-order valence-corrected chi connectivity index (χ3v) is 10.4. The predicted octanol–water partition coefficient (Wildman–Crippen LogP) is 4.61. The summed E-state index contributed by atoms with van der Waals surface area (Å²) in [6, 6.07) is 21.3. The average molecular weight is 682 g/mol. The van der Waals surface area contributed by atoms with Gasteiger partial charge >= 0.3 is 12.2 Å². The van der Waals surface area contributed by atoms with Crippen LogP contribution in [0, 0.1) is 5.92 Å². The smallest absolute Gasteiger partial charge is 0.415 e. The first-order chi connectivity index (χ1) is 23.0. The van der Waals surface area contributed by atoms with E-state index in [1.807, 2.05) is 44.2 Å². The van der Waals surface area contributed by atoms with Gasteiger partial charge in [-0.1, -0.05) is 50.2 Å². The first kappa shape index (κ1) is 35.0. The van der Waals surface area contributed by atoms with Gasteiger partial charge in [-0.15, -0.1) is 0 Å². The number of nitrogens with zero attached hydrogens (tertiary/aromatic N) is 2. The number of amides is 2. The molecule has 0 unspecified atom stereocenters. The van der Waals surface area contributed by atoms with E-state index in [0.717, 1.165) is 5.56 Å². The van der Waals surface area contributed by atoms with Crippen molar-refractivity contribution in [2.45, 2.75) is 68.4 Å². The molecule has 5 rings (SSSR count). The third-order valence-electron chi connectivity index (χ3n) is 8.54. The molecule has 5 atom stereocenters. The second-order valence-electron chi connectivity index (χ2n) is 12.5. The van der Waals surface area contributed by atoms with Crippen LogP contribution in [0.4, 0.5) is 15.3 Å². The number of benzene rings is 3. The number of nitrogens with one attached hydrogen (secondary N) is 1. The second kappa shape index (κ2) is 15.3. The van der Waals surface area contributed by atoms with Crippen LogP contribution in [-0.4, -0.2) is 87.7 Å². The molecular formula is C35H43N3O9S. The van der Waals surface area contributed by atoms with Crippen LogP contribution in [0.5, 0.6) is 11.5 Å². The average Bonchev–Trinajstić information content (AvgIpc) is 3.59. The highest BCUT2D eigenvalue weighted by Gasteiger charge is 2.50. The zero-order valence-electron chi connectivity index (χ0n) is 27.5. The number of carbonyl (C=O) groups is 2. The minimum absolute atomic E-state index is 0.0387. The van der Waals surface area contributed by atoms with Gasteiger partial charge in [-0.25, -0.2) is 18.0 Å². The first-order valence-electron chi connectivity index (χ1n) is 16.0. The van der Waals surface area contributed by atoms with E-state index >= 15 is 0 Å². The maximum atomic E-state index is 13.7. The summed E-state index contributed by atoms with van der Waals surface area (Å²) in [5.74, 6) is 1.08. The molecule has 1 aliphatic heterocycles. The van der Waals surface area contributed by atoms with E-state index in [2.05, 4.69) is 5.32 Å². The Hall–Kier alpha value is -4.33. The number of fused-ring (bicyclic) bond motifs is 1. The van der Waals surface area contributed by atoms with Crippen LogP contribution >= 0.6 is 0 Å². The van der Waals surface area contributed by atoms with Crippen molar-refractivity contribution in [3.8, 4) is 11.5 Å². The standard InChI is InChI=1S/C35H43N3O9S/c1-23(2)21-37(48(42,43)29-15-13-26(44-3)14-16-29)22-32(39)30(17-24-9-6-5-7-10-24)36-34(40)46-28-19-31-33(20-28)47-35(41)38(31)25-11-8-12-27(18-25)45-4/h5-16,18,23,28,30-33,39H,17,19-22H2,1-4H3,(H,36,40)/t28-,30+,31+,32-,33-/m1/s1. The third kappa shape index (κ3) is 8.20. The molecule has 0 radical (unpaired) electrons. The van der Waals surface area contributed by atoms with Gasteiger partial charge in [-0.05, 0) is 54.3 Å². The summed E-state index contributed by atoms with van der Waals surface area (Å²) in [4.78, 5) is 27.7. The molecule has 258 valence electrons. The van der Waals surface area contributed by atoms with Crippen LogP contribution in [0.15, 0.2) is 83.8 Å². The first-order valence-corrected chi connectivity index (χ1v) is 17.4. The van der Waals surface area contributed by atoms with E-state index < -0.39 is 46.6 Å². The number of carbonyl (C=O) groups excluding carboxylic acids is 2. The Labute approximate surface area is 281 Å². The Morgan fingerprint density at radius 1 is 0.979 bits per heavy atom. The molecule has 12 nitrogen and oxygen atoms in total. The van der Waals surface area contributed by atoms with Crippen LogP contribution in [-0.2, 0) is 25.9 Å². The number of hydrogen-bond donors (Lipinski definition) is 2. The number of methoxy groups -OCH3 is 2. The summed E-state index contributed by atoms with van der Waals surface area (Å²) in [6.07, 6.45) is -2.61. The van der Waals surface area contributed by atoms with Crippen LogP contribution in [0.1, 0.15) is 32.3 Å². The normalized spacial score (nSPS) is 20.3. The number of sulfonamides is 1. The van der Waals surface area contributed by atoms with Gasteiger partial charge in [0.15, 0.2) is 0 Å². The molecule has 0 spiro atoms. The van der Waals surface area contributed by atoms with Gasteiger partial charge in [-0.2, -0.15) is 4.31 Å². The van der Waals surface area contributed by atoms with Gasteiger partial charge in [0, 0.05) is 32.0 Å². The molecule has 13 heteroatoms. The summed E-state index contributed by atoms with van der Waals surface area (Å²) in [6.45, 7) is 3.68. The minimum atomic E-state index is -4.00. The molecule has 2 N–H and O–H groups in total. The Bertz CT molecular complexity index is 1650. The summed E-state index contributed by atoms with van der Waals surface area (Å²) in [7, 11) is -0.948. The van der Waals surface area contributed by atoms with Crippen LogP contribution < -0.4 is 19.7 Å². The molecule has 1 saturated heterocycles. The molecule has 0 aromatic heterocycles. The fourth-order valence-corrected chi connectivity index (χ4v) is 7.83. The van der Waals surface area contributed by atoms with E-state index in [-0.39, 0.29) is 36.4 Å². The molecule has 1 aliphatic carbocycles. The van der Waals surface area contributed by atoms with Crippen molar-refractivity contribution < 1.29 is 42.1 Å². The number of anilines is 1. The van der Waals surface area contributed by atoms with Crippen LogP contribution in [0.2, 0.25) is 0 Å². The van der Waals surface area contributed by atoms with Crippen molar-refractivity contribution in [2.24, 2.45) is 5.92 Å². The predicted molar refractivity (Wildman–Crippen MR) is 179 cm³/mol. The maximum Gasteiger partial charge on any atom is 0.415 e. The zero-order valence-corrected chi connectivity index (χ0v) is 28.3. The quantitative estimate of drug-likeness (QED) is 0.249. The Morgan fingerprint density at radius 3 is 2.35 bits per heavy atom. The van der Waals surface area contributed by atoms with E-state index in [4.69, 9.17) is 18.9 Å². The van der Waals surface area contributed by atoms with Crippen LogP contribution in [0.25, 0.3) is 0 Å². The lowest BCUT2D eigenvalue weighted by atomic mass is 10.0. The van der Waals surface area contributed by atoms with Crippen molar-refractivity contribution in [1.29, 1.82) is 0 Å². The maximum absolute atomic E-state index is 13.7. The fourth-order valence-electron chi connectivity index (χ4n) is 6.21. The van der Waals surface area contributed by atoms with Crippen molar-refractivity contribution >= 4 is 27.9 Å². The van der Waals surface area contributed by atoms with Gasteiger partial charge in [-0.3, -0.25) is 4.90 Å². The van der Waals surface area contributed by atoms with Crippen molar-refractivity contribution in [2.75, 3.05) is 32.2 Å². The van der Waals surface area contributed by atoms with Crippen molar-refractivity contribution in [3.63, 3.8) is 0 Å². The van der Waals surface area contributed by atoms with Crippen molar-refractivity contribution in [3.05, 3.63) is 84.4 Å². The molecule has 2 amide bonds. The van der Waals surface area contributed by atoms with Crippen molar-refractivity contribution in [1.82, 2.24) is 9.62 Å². The molecule has 2 aliphatic rings. The van der Waals surface area contributed by atoms with E-state index in [9.17, 15) is 23.1 Å². The number of rotatable bonds is 14. The minimum Gasteiger partial charge on any atom is -0.497 e. The summed E-state index contributed by atoms with van der Waals surface area (Å²) in [5, 5.41) is 14.4. The molecular weight excluding hydrogens is 638 g/mol. The van der Waals surface area contributed by atoms with Gasteiger partial charge in [0.2, 0.25) is 10.0 Å². The number of ether oxygens (including phenoxy) is 4. The highest BCUT2D eigenvalue weighted by molar-refractivity contribution is 7.89. The Morgan fingerprint density at radius 2 is 1.69 bits per heavy atom. The highest BCUT2D eigenvalue weighted by Crippen LogP contribution is 2.39. The number of hydrogen-bond acceptors (Lipinski definition) is 9. The van der Waals surface area contributed by atoms with Gasteiger partial charge in [0.1, 0.15) is 23.7 Å². The summed E-state index contributed by atoms with van der Waals surface area (Å²) < 4.78 is 50.6. The molecule has 1 heterocycles. The number of aliphatic hydroxyl groups excluding tert-OH is 1. The zero-order chi connectivity index (χ0) is 34.4. The molecule has 48 heavy (non-hydrogen) atoms. The number of aliphatic hydroxyl groups is 1. The molecule has 0 bridgehead atoms. The molecule has 3 aromatic carbocycles. The lowest BCUT2D eigenvalue weighted by Crippen LogP contribution is -2.51. The van der Waals surface area contributed by atoms with E-state index in [1.165, 1.54) is 23.5 Å². The van der Waals surface area contributed by atoms with Gasteiger partial charge in [0.05, 0.1) is 43.0 Å². The number of alkyl carbamates (subject to hydrolysis) is 1. The summed E-state index contributed by atoms with van der Waals surface area (Å²) >= 11 is 0. The Balaban J connectivity index is 1.29. The van der Waals surface area contributed by atoms with Gasteiger partial charge < -0.3 is 29.4 Å².